The summed E-state index contributed by atoms with van der Waals surface area (Å²) < 4.78 is 32.0. The number of ether oxygens (including phenoxy) is 1. The fourth-order valence-corrected chi connectivity index (χ4v) is 4.16. The number of carboxylic acids is 1. The van der Waals surface area contributed by atoms with Gasteiger partial charge in [-0.3, -0.25) is 4.79 Å². The van der Waals surface area contributed by atoms with Crippen LogP contribution < -0.4 is 4.72 Å². The molecule has 2 unspecified atom stereocenters. The number of nitrogens with one attached hydrogen (secondary N) is 1. The standard InChI is InChI=1S/C14H27NO5S/c1-3-6-13(14(16)17)15-21(18,19)10-11(2)9-20-12-7-4-5-8-12/h11-13,15H,3-10H2,1-2H3,(H,16,17). The number of carbonyl (C=O) groups is 1. The number of hydrogen-bond acceptors (Lipinski definition) is 4. The lowest BCUT2D eigenvalue weighted by atomic mass is 10.2. The second-order valence-corrected chi connectivity index (χ2v) is 7.72. The van der Waals surface area contributed by atoms with Gasteiger partial charge in [-0.1, -0.05) is 33.1 Å². The van der Waals surface area contributed by atoms with Gasteiger partial charge in [0.1, 0.15) is 6.04 Å². The molecule has 1 saturated carbocycles. The zero-order valence-electron chi connectivity index (χ0n) is 12.9. The molecule has 2 N–H and O–H groups in total. The van der Waals surface area contributed by atoms with E-state index in [1.807, 2.05) is 13.8 Å². The van der Waals surface area contributed by atoms with E-state index in [2.05, 4.69) is 4.72 Å². The first-order valence-corrected chi connectivity index (χ1v) is 9.33. The first-order valence-electron chi connectivity index (χ1n) is 7.68. The van der Waals surface area contributed by atoms with Gasteiger partial charge in [0.25, 0.3) is 0 Å². The van der Waals surface area contributed by atoms with Crippen LogP contribution in [0.15, 0.2) is 0 Å². The van der Waals surface area contributed by atoms with Crippen molar-refractivity contribution >= 4 is 16.0 Å². The summed E-state index contributed by atoms with van der Waals surface area (Å²) in [6.07, 6.45) is 5.62. The lowest BCUT2D eigenvalue weighted by molar-refractivity contribution is -0.139. The van der Waals surface area contributed by atoms with Crippen LogP contribution in [0, 0.1) is 5.92 Å². The molecule has 0 aromatic heterocycles. The predicted octanol–water partition coefficient (Wildman–Crippen LogP) is 1.75. The van der Waals surface area contributed by atoms with E-state index in [9.17, 15) is 13.2 Å². The van der Waals surface area contributed by atoms with Crippen LogP contribution in [-0.2, 0) is 19.6 Å². The van der Waals surface area contributed by atoms with Gasteiger partial charge in [0.15, 0.2) is 0 Å². The first-order chi connectivity index (χ1) is 9.84. The predicted molar refractivity (Wildman–Crippen MR) is 80.6 cm³/mol. The van der Waals surface area contributed by atoms with Gasteiger partial charge in [-0.15, -0.1) is 0 Å². The molecule has 0 bridgehead atoms. The van der Waals surface area contributed by atoms with Gasteiger partial charge >= 0.3 is 5.97 Å². The summed E-state index contributed by atoms with van der Waals surface area (Å²) in [4.78, 5) is 11.0. The molecular weight excluding hydrogens is 294 g/mol. The van der Waals surface area contributed by atoms with Gasteiger partial charge in [0.05, 0.1) is 18.5 Å². The highest BCUT2D eigenvalue weighted by Gasteiger charge is 2.25. The number of sulfonamides is 1. The number of rotatable bonds is 10. The van der Waals surface area contributed by atoms with Crippen LogP contribution in [0.3, 0.4) is 0 Å². The van der Waals surface area contributed by atoms with E-state index in [-0.39, 0.29) is 17.8 Å². The van der Waals surface area contributed by atoms with Gasteiger partial charge in [-0.25, -0.2) is 13.1 Å². The number of carboxylic acid groups (broad SMARTS) is 1. The average molecular weight is 321 g/mol. The molecule has 0 spiro atoms. The molecule has 124 valence electrons. The Kier molecular flexibility index (Phi) is 7.62. The van der Waals surface area contributed by atoms with E-state index in [4.69, 9.17) is 9.84 Å². The Bertz CT molecular complexity index is 417. The lowest BCUT2D eigenvalue weighted by Gasteiger charge is -2.18. The van der Waals surface area contributed by atoms with Crippen LogP contribution in [-0.4, -0.2) is 44.0 Å². The van der Waals surface area contributed by atoms with E-state index in [1.165, 1.54) is 12.8 Å². The molecule has 0 amide bonds. The number of hydrogen-bond donors (Lipinski definition) is 2. The van der Waals surface area contributed by atoms with Crippen molar-refractivity contribution in [1.29, 1.82) is 0 Å². The molecule has 6 nitrogen and oxygen atoms in total. The molecule has 21 heavy (non-hydrogen) atoms. The molecule has 2 atom stereocenters. The maximum Gasteiger partial charge on any atom is 0.321 e. The van der Waals surface area contributed by atoms with Crippen LogP contribution in [0.1, 0.15) is 52.4 Å². The zero-order chi connectivity index (χ0) is 15.9. The smallest absolute Gasteiger partial charge is 0.321 e. The Morgan fingerprint density at radius 2 is 2.00 bits per heavy atom. The fourth-order valence-electron chi connectivity index (χ4n) is 2.56. The SMILES string of the molecule is CCCC(NS(=O)(=O)CC(C)COC1CCCC1)C(=O)O. The summed E-state index contributed by atoms with van der Waals surface area (Å²) in [5, 5.41) is 9.00. The highest BCUT2D eigenvalue weighted by Crippen LogP contribution is 2.21. The molecule has 1 rings (SSSR count). The minimum Gasteiger partial charge on any atom is -0.480 e. The van der Waals surface area contributed by atoms with Gasteiger partial charge in [0.2, 0.25) is 10.0 Å². The highest BCUT2D eigenvalue weighted by atomic mass is 32.2. The molecule has 0 heterocycles. The Morgan fingerprint density at radius 3 is 2.52 bits per heavy atom. The van der Waals surface area contributed by atoms with E-state index in [0.29, 0.717) is 19.4 Å². The summed E-state index contributed by atoms with van der Waals surface area (Å²) in [6, 6.07) is -1.04. The number of aliphatic carboxylic acids is 1. The fraction of sp³-hybridized carbons (Fsp3) is 0.929. The van der Waals surface area contributed by atoms with Crippen molar-refractivity contribution in [2.24, 2.45) is 5.92 Å². The van der Waals surface area contributed by atoms with Crippen LogP contribution in [0.2, 0.25) is 0 Å². The van der Waals surface area contributed by atoms with Crippen LogP contribution in [0.4, 0.5) is 0 Å². The maximum atomic E-state index is 12.0. The van der Waals surface area contributed by atoms with Crippen molar-refractivity contribution in [1.82, 2.24) is 4.72 Å². The topological polar surface area (TPSA) is 92.7 Å². The third-order valence-corrected chi connectivity index (χ3v) is 5.27. The van der Waals surface area contributed by atoms with Gasteiger partial charge in [-0.05, 0) is 25.2 Å². The first kappa shape index (κ1) is 18.4. The minimum atomic E-state index is -3.60. The zero-order valence-corrected chi connectivity index (χ0v) is 13.7. The maximum absolute atomic E-state index is 12.0. The third kappa shape index (κ3) is 7.24. The highest BCUT2D eigenvalue weighted by molar-refractivity contribution is 7.89. The van der Waals surface area contributed by atoms with Crippen LogP contribution >= 0.6 is 0 Å². The van der Waals surface area contributed by atoms with Crippen molar-refractivity contribution < 1.29 is 23.1 Å². The molecular formula is C14H27NO5S. The molecule has 1 aliphatic carbocycles. The molecule has 1 fully saturated rings. The van der Waals surface area contributed by atoms with E-state index in [0.717, 1.165) is 12.8 Å². The van der Waals surface area contributed by atoms with Crippen molar-refractivity contribution in [3.63, 3.8) is 0 Å². The molecule has 7 heteroatoms. The second-order valence-electron chi connectivity index (χ2n) is 5.92. The van der Waals surface area contributed by atoms with Crippen LogP contribution in [0.25, 0.3) is 0 Å². The Morgan fingerprint density at radius 1 is 1.38 bits per heavy atom. The summed E-state index contributed by atoms with van der Waals surface area (Å²) in [5.74, 6) is -1.39. The Labute approximate surface area is 127 Å². The monoisotopic (exact) mass is 321 g/mol. The normalized spacial score (nSPS) is 19.5. The van der Waals surface area contributed by atoms with E-state index in [1.54, 1.807) is 0 Å². The van der Waals surface area contributed by atoms with Crippen molar-refractivity contribution in [2.45, 2.75) is 64.5 Å². The second kappa shape index (κ2) is 8.70. The summed E-state index contributed by atoms with van der Waals surface area (Å²) in [7, 11) is -3.60. The van der Waals surface area contributed by atoms with Gasteiger partial charge in [-0.2, -0.15) is 0 Å². The summed E-state index contributed by atoms with van der Waals surface area (Å²) in [5.41, 5.74) is 0. The Hall–Kier alpha value is -0.660. The summed E-state index contributed by atoms with van der Waals surface area (Å²) in [6.45, 7) is 4.03. The van der Waals surface area contributed by atoms with Crippen molar-refractivity contribution in [3.8, 4) is 0 Å². The van der Waals surface area contributed by atoms with Crippen molar-refractivity contribution in [3.05, 3.63) is 0 Å². The average Bonchev–Trinajstić information content (AvgIpc) is 2.88. The largest absolute Gasteiger partial charge is 0.480 e. The van der Waals surface area contributed by atoms with Gasteiger partial charge < -0.3 is 9.84 Å². The van der Waals surface area contributed by atoms with Crippen molar-refractivity contribution in [2.75, 3.05) is 12.4 Å². The molecule has 0 saturated heterocycles. The Balaban J connectivity index is 2.40. The minimum absolute atomic E-state index is 0.104. The van der Waals surface area contributed by atoms with E-state index >= 15 is 0 Å². The lowest BCUT2D eigenvalue weighted by Crippen LogP contribution is -2.43. The van der Waals surface area contributed by atoms with Gasteiger partial charge in [0, 0.05) is 0 Å². The summed E-state index contributed by atoms with van der Waals surface area (Å²) >= 11 is 0. The molecule has 0 radical (unpaired) electrons. The molecule has 0 aromatic rings. The third-order valence-electron chi connectivity index (χ3n) is 3.62. The molecule has 1 aliphatic rings. The van der Waals surface area contributed by atoms with Crippen LogP contribution in [0.5, 0.6) is 0 Å². The quantitative estimate of drug-likeness (QED) is 0.639. The molecule has 0 aromatic carbocycles. The van der Waals surface area contributed by atoms with E-state index < -0.39 is 22.0 Å². The molecule has 0 aliphatic heterocycles.